The Hall–Kier alpha value is -1.17. The van der Waals surface area contributed by atoms with Gasteiger partial charge in [-0.3, -0.25) is 4.79 Å². The first kappa shape index (κ1) is 14.9. The van der Waals surface area contributed by atoms with E-state index in [-0.39, 0.29) is 12.0 Å². The van der Waals surface area contributed by atoms with Crippen LogP contribution in [0.25, 0.3) is 0 Å². The first-order valence-electron chi connectivity index (χ1n) is 5.42. The van der Waals surface area contributed by atoms with E-state index >= 15 is 0 Å². The van der Waals surface area contributed by atoms with Crippen LogP contribution in [0.15, 0.2) is 22.7 Å². The molecule has 1 aromatic carbocycles. The Labute approximate surface area is 113 Å². The highest BCUT2D eigenvalue weighted by Crippen LogP contribution is 2.22. The maximum absolute atomic E-state index is 12.6. The smallest absolute Gasteiger partial charge is 0.258 e. The number of halogens is 3. The zero-order valence-electron chi connectivity index (χ0n) is 10.0. The molecule has 1 unspecified atom stereocenters. The van der Waals surface area contributed by atoms with Gasteiger partial charge in [0.25, 0.3) is 12.3 Å². The minimum absolute atomic E-state index is 0.172. The van der Waals surface area contributed by atoms with E-state index in [9.17, 15) is 13.6 Å². The van der Waals surface area contributed by atoms with Crippen molar-refractivity contribution in [1.82, 2.24) is 5.32 Å². The van der Waals surface area contributed by atoms with Crippen LogP contribution in [-0.4, -0.2) is 25.5 Å². The maximum atomic E-state index is 12.6. The summed E-state index contributed by atoms with van der Waals surface area (Å²) in [5.41, 5.74) is 0.272. The topological polar surface area (TPSA) is 38.3 Å². The van der Waals surface area contributed by atoms with Gasteiger partial charge in [0.15, 0.2) is 0 Å². The van der Waals surface area contributed by atoms with E-state index < -0.39 is 18.4 Å². The van der Waals surface area contributed by atoms with Gasteiger partial charge in [0, 0.05) is 4.47 Å². The quantitative estimate of drug-likeness (QED) is 0.904. The summed E-state index contributed by atoms with van der Waals surface area (Å²) < 4.78 is 30.7. The monoisotopic (exact) mass is 321 g/mol. The molecule has 1 N–H and O–H groups in total. The molecule has 1 aromatic rings. The Morgan fingerprint density at radius 1 is 1.50 bits per heavy atom. The third kappa shape index (κ3) is 3.66. The van der Waals surface area contributed by atoms with E-state index in [4.69, 9.17) is 4.74 Å². The normalized spacial score (nSPS) is 12.3. The number of methoxy groups -OCH3 is 1. The number of benzene rings is 1. The lowest BCUT2D eigenvalue weighted by molar-refractivity contribution is 0.0736. The molecule has 0 bridgehead atoms. The van der Waals surface area contributed by atoms with Crippen LogP contribution in [0, 0.1) is 0 Å². The van der Waals surface area contributed by atoms with Gasteiger partial charge in [-0.15, -0.1) is 0 Å². The minimum atomic E-state index is -2.58. The van der Waals surface area contributed by atoms with Crippen molar-refractivity contribution in [3.05, 3.63) is 28.2 Å². The van der Waals surface area contributed by atoms with Gasteiger partial charge in [-0.05, 0) is 40.5 Å². The molecule has 0 saturated heterocycles. The van der Waals surface area contributed by atoms with E-state index in [1.165, 1.54) is 13.2 Å². The van der Waals surface area contributed by atoms with Crippen molar-refractivity contribution in [3.63, 3.8) is 0 Å². The number of alkyl halides is 2. The summed E-state index contributed by atoms with van der Waals surface area (Å²) in [5.74, 6) is -0.0543. The van der Waals surface area contributed by atoms with E-state index in [1.807, 2.05) is 0 Å². The molecule has 0 heterocycles. The summed E-state index contributed by atoms with van der Waals surface area (Å²) in [6.07, 6.45) is -2.41. The zero-order valence-corrected chi connectivity index (χ0v) is 11.6. The van der Waals surface area contributed by atoms with E-state index in [2.05, 4.69) is 21.2 Å². The number of hydrogen-bond donors (Lipinski definition) is 1. The summed E-state index contributed by atoms with van der Waals surface area (Å²) in [5, 5.41) is 2.30. The van der Waals surface area contributed by atoms with Crippen molar-refractivity contribution in [1.29, 1.82) is 0 Å². The molecule has 0 aliphatic carbocycles. The fourth-order valence-corrected chi connectivity index (χ4v) is 1.82. The molecule has 100 valence electrons. The van der Waals surface area contributed by atoms with Crippen LogP contribution in [0.3, 0.4) is 0 Å². The summed E-state index contributed by atoms with van der Waals surface area (Å²) in [6, 6.07) is 3.66. The standard InChI is InChI=1S/C12H14BrF2NO2/c1-3-10(11(14)15)16-12(17)8-6-7(18-2)4-5-9(8)13/h4-6,10-11H,3H2,1-2H3,(H,16,17). The number of carbonyl (C=O) groups excluding carboxylic acids is 1. The maximum Gasteiger partial charge on any atom is 0.258 e. The van der Waals surface area contributed by atoms with Crippen molar-refractivity contribution in [2.45, 2.75) is 25.8 Å². The third-order valence-electron chi connectivity index (χ3n) is 2.48. The molecule has 1 atom stereocenters. The third-order valence-corrected chi connectivity index (χ3v) is 3.17. The molecule has 6 heteroatoms. The molecular formula is C12H14BrF2NO2. The summed E-state index contributed by atoms with van der Waals surface area (Å²) in [4.78, 5) is 11.9. The first-order valence-corrected chi connectivity index (χ1v) is 6.21. The highest BCUT2D eigenvalue weighted by Gasteiger charge is 2.22. The molecule has 0 aliphatic rings. The average molecular weight is 322 g/mol. The van der Waals surface area contributed by atoms with Gasteiger partial charge in [-0.1, -0.05) is 6.92 Å². The van der Waals surface area contributed by atoms with Crippen molar-refractivity contribution in [2.24, 2.45) is 0 Å². The van der Waals surface area contributed by atoms with Crippen LogP contribution in [0.5, 0.6) is 5.75 Å². The molecule has 1 rings (SSSR count). The van der Waals surface area contributed by atoms with Gasteiger partial charge in [-0.25, -0.2) is 8.78 Å². The second-order valence-corrected chi connectivity index (χ2v) is 4.52. The Morgan fingerprint density at radius 3 is 2.67 bits per heavy atom. The predicted octanol–water partition coefficient (Wildman–Crippen LogP) is 3.23. The fraction of sp³-hybridized carbons (Fsp3) is 0.417. The molecule has 0 saturated carbocycles. The number of amides is 1. The predicted molar refractivity (Wildman–Crippen MR) is 68.2 cm³/mol. The fourth-order valence-electron chi connectivity index (χ4n) is 1.39. The second kappa shape index (κ2) is 6.68. The average Bonchev–Trinajstić information content (AvgIpc) is 2.35. The number of ether oxygens (including phenoxy) is 1. The van der Waals surface area contributed by atoms with Gasteiger partial charge >= 0.3 is 0 Å². The van der Waals surface area contributed by atoms with Gasteiger partial charge in [0.2, 0.25) is 0 Å². The number of nitrogens with one attached hydrogen (secondary N) is 1. The molecule has 18 heavy (non-hydrogen) atoms. The number of hydrogen-bond acceptors (Lipinski definition) is 2. The lowest BCUT2D eigenvalue weighted by atomic mass is 10.1. The largest absolute Gasteiger partial charge is 0.497 e. The molecule has 0 aliphatic heterocycles. The Balaban J connectivity index is 2.89. The molecule has 1 amide bonds. The van der Waals surface area contributed by atoms with Crippen LogP contribution < -0.4 is 10.1 Å². The van der Waals surface area contributed by atoms with Crippen LogP contribution in [0.1, 0.15) is 23.7 Å². The van der Waals surface area contributed by atoms with Crippen molar-refractivity contribution in [3.8, 4) is 5.75 Å². The SMILES string of the molecule is CCC(NC(=O)c1cc(OC)ccc1Br)C(F)F. The lowest BCUT2D eigenvalue weighted by Crippen LogP contribution is -2.39. The van der Waals surface area contributed by atoms with Crippen LogP contribution >= 0.6 is 15.9 Å². The zero-order chi connectivity index (χ0) is 13.7. The van der Waals surface area contributed by atoms with Gasteiger partial charge in [-0.2, -0.15) is 0 Å². The van der Waals surface area contributed by atoms with Crippen molar-refractivity contribution >= 4 is 21.8 Å². The Morgan fingerprint density at radius 2 is 2.17 bits per heavy atom. The Kier molecular flexibility index (Phi) is 5.53. The minimum Gasteiger partial charge on any atom is -0.497 e. The van der Waals surface area contributed by atoms with Gasteiger partial charge in [0.05, 0.1) is 18.7 Å². The van der Waals surface area contributed by atoms with Crippen LogP contribution in [0.2, 0.25) is 0 Å². The lowest BCUT2D eigenvalue weighted by Gasteiger charge is -2.16. The van der Waals surface area contributed by atoms with E-state index in [0.717, 1.165) is 0 Å². The first-order chi connectivity index (χ1) is 8.49. The molecular weight excluding hydrogens is 308 g/mol. The van der Waals surface area contributed by atoms with Crippen molar-refractivity contribution < 1.29 is 18.3 Å². The molecule has 0 fully saturated rings. The molecule has 0 radical (unpaired) electrons. The second-order valence-electron chi connectivity index (χ2n) is 3.67. The summed E-state index contributed by atoms with van der Waals surface area (Å²) >= 11 is 3.21. The molecule has 3 nitrogen and oxygen atoms in total. The summed E-state index contributed by atoms with van der Waals surface area (Å²) in [6.45, 7) is 1.59. The van der Waals surface area contributed by atoms with E-state index in [0.29, 0.717) is 10.2 Å². The Bertz CT molecular complexity index is 427. The summed E-state index contributed by atoms with van der Waals surface area (Å²) in [7, 11) is 1.47. The number of rotatable bonds is 5. The van der Waals surface area contributed by atoms with Gasteiger partial charge < -0.3 is 10.1 Å². The van der Waals surface area contributed by atoms with Crippen molar-refractivity contribution in [2.75, 3.05) is 7.11 Å². The van der Waals surface area contributed by atoms with Gasteiger partial charge in [0.1, 0.15) is 5.75 Å². The highest BCUT2D eigenvalue weighted by atomic mass is 79.9. The molecule has 0 aromatic heterocycles. The number of carbonyl (C=O) groups is 1. The van der Waals surface area contributed by atoms with Crippen LogP contribution in [-0.2, 0) is 0 Å². The van der Waals surface area contributed by atoms with Crippen LogP contribution in [0.4, 0.5) is 8.78 Å². The molecule has 0 spiro atoms. The highest BCUT2D eigenvalue weighted by molar-refractivity contribution is 9.10. The van der Waals surface area contributed by atoms with E-state index in [1.54, 1.807) is 19.1 Å².